The molecule has 0 spiro atoms. The standard InChI is InChI=1S/C30H28F3N5O4S/c1-3-42-29(41)23-16-34-37(2)25(23)36-26(39)24-17-43-27(35-24)19-12-14-38(15-13-19)28(40)22-7-5-4-6-21(22)18-8-10-20(11-9-18)30(31,32)33/h4-11,16-17,19H,3,12-15H2,1-2H3,(H,36,39). The van der Waals surface area contributed by atoms with Gasteiger partial charge in [-0.15, -0.1) is 11.3 Å². The molecular weight excluding hydrogens is 583 g/mol. The fourth-order valence-electron chi connectivity index (χ4n) is 4.95. The lowest BCUT2D eigenvalue weighted by molar-refractivity contribution is -0.137. The van der Waals surface area contributed by atoms with E-state index in [0.29, 0.717) is 42.6 Å². The molecular formula is C30H28F3N5O4S. The Hall–Kier alpha value is -4.52. The lowest BCUT2D eigenvalue weighted by Gasteiger charge is -2.31. The van der Waals surface area contributed by atoms with E-state index in [1.54, 1.807) is 48.5 Å². The van der Waals surface area contributed by atoms with Crippen LogP contribution >= 0.6 is 11.3 Å². The molecule has 2 aromatic heterocycles. The number of rotatable bonds is 7. The van der Waals surface area contributed by atoms with Crippen molar-refractivity contribution in [3.05, 3.63) is 87.5 Å². The number of anilines is 1. The highest BCUT2D eigenvalue weighted by molar-refractivity contribution is 7.10. The van der Waals surface area contributed by atoms with Gasteiger partial charge in [0.15, 0.2) is 0 Å². The average molecular weight is 612 g/mol. The maximum absolute atomic E-state index is 13.5. The maximum atomic E-state index is 13.5. The number of carbonyl (C=O) groups excluding carboxylic acids is 3. The zero-order valence-electron chi connectivity index (χ0n) is 23.4. The van der Waals surface area contributed by atoms with Gasteiger partial charge in [-0.3, -0.25) is 14.3 Å². The number of nitrogens with zero attached hydrogens (tertiary/aromatic N) is 4. The number of carbonyl (C=O) groups is 3. The number of aryl methyl sites for hydroxylation is 1. The Morgan fingerprint density at radius 3 is 2.42 bits per heavy atom. The molecule has 0 saturated carbocycles. The lowest BCUT2D eigenvalue weighted by Crippen LogP contribution is -2.38. The predicted molar refractivity (Wildman–Crippen MR) is 154 cm³/mol. The van der Waals surface area contributed by atoms with Crippen LogP contribution in [0.15, 0.2) is 60.1 Å². The number of benzene rings is 2. The van der Waals surface area contributed by atoms with Crippen molar-refractivity contribution in [1.82, 2.24) is 19.7 Å². The summed E-state index contributed by atoms with van der Waals surface area (Å²) in [4.78, 5) is 44.9. The summed E-state index contributed by atoms with van der Waals surface area (Å²) in [6, 6.07) is 11.7. The van der Waals surface area contributed by atoms with Crippen LogP contribution in [0.5, 0.6) is 0 Å². The number of nitrogens with one attached hydrogen (secondary N) is 1. The van der Waals surface area contributed by atoms with E-state index in [0.717, 1.165) is 17.1 Å². The van der Waals surface area contributed by atoms with Gasteiger partial charge in [-0.2, -0.15) is 18.3 Å². The third-order valence-electron chi connectivity index (χ3n) is 7.23. The molecule has 224 valence electrons. The first-order chi connectivity index (χ1) is 20.6. The molecule has 43 heavy (non-hydrogen) atoms. The molecule has 0 atom stereocenters. The Balaban J connectivity index is 1.23. The van der Waals surface area contributed by atoms with Crippen molar-refractivity contribution in [3.8, 4) is 11.1 Å². The summed E-state index contributed by atoms with van der Waals surface area (Å²) >= 11 is 1.36. The summed E-state index contributed by atoms with van der Waals surface area (Å²) in [5.41, 5.74) is 1.12. The first-order valence-electron chi connectivity index (χ1n) is 13.6. The molecule has 0 aliphatic carbocycles. The largest absolute Gasteiger partial charge is 0.462 e. The second-order valence-electron chi connectivity index (χ2n) is 9.96. The molecule has 13 heteroatoms. The molecule has 2 amide bonds. The first kappa shape index (κ1) is 30.0. The molecule has 4 aromatic rings. The van der Waals surface area contributed by atoms with E-state index >= 15 is 0 Å². The summed E-state index contributed by atoms with van der Waals surface area (Å²) in [6.45, 7) is 2.80. The number of piperidine rings is 1. The molecule has 1 saturated heterocycles. The summed E-state index contributed by atoms with van der Waals surface area (Å²) in [7, 11) is 1.60. The van der Waals surface area contributed by atoms with Crippen LogP contribution in [-0.2, 0) is 18.0 Å². The molecule has 5 rings (SSSR count). The van der Waals surface area contributed by atoms with Crippen LogP contribution < -0.4 is 5.32 Å². The molecule has 1 aliphatic rings. The minimum absolute atomic E-state index is 0.0487. The van der Waals surface area contributed by atoms with Crippen LogP contribution in [-0.4, -0.2) is 57.1 Å². The quantitative estimate of drug-likeness (QED) is 0.257. The number of esters is 1. The number of alkyl halides is 3. The van der Waals surface area contributed by atoms with Crippen LogP contribution in [0, 0.1) is 0 Å². The third-order valence-corrected chi connectivity index (χ3v) is 8.24. The Morgan fingerprint density at radius 1 is 1.05 bits per heavy atom. The highest BCUT2D eigenvalue weighted by atomic mass is 32.1. The van der Waals surface area contributed by atoms with E-state index in [1.807, 2.05) is 0 Å². The Bertz CT molecular complexity index is 1640. The zero-order chi connectivity index (χ0) is 30.7. The summed E-state index contributed by atoms with van der Waals surface area (Å²) in [6.07, 6.45) is -1.83. The summed E-state index contributed by atoms with van der Waals surface area (Å²) in [5, 5.41) is 9.16. The highest BCUT2D eigenvalue weighted by Crippen LogP contribution is 2.34. The van der Waals surface area contributed by atoms with Crippen LogP contribution in [0.3, 0.4) is 0 Å². The van der Waals surface area contributed by atoms with Crippen molar-refractivity contribution < 1.29 is 32.3 Å². The summed E-state index contributed by atoms with van der Waals surface area (Å²) in [5.74, 6) is -1.01. The van der Waals surface area contributed by atoms with Crippen LogP contribution in [0.4, 0.5) is 19.0 Å². The molecule has 0 bridgehead atoms. The van der Waals surface area contributed by atoms with Gasteiger partial charge in [-0.25, -0.2) is 9.78 Å². The van der Waals surface area contributed by atoms with Crippen molar-refractivity contribution in [2.75, 3.05) is 25.0 Å². The van der Waals surface area contributed by atoms with Gasteiger partial charge in [-0.1, -0.05) is 30.3 Å². The Kier molecular flexibility index (Phi) is 8.62. The third kappa shape index (κ3) is 6.46. The second-order valence-corrected chi connectivity index (χ2v) is 10.9. The number of amides is 2. The predicted octanol–water partition coefficient (Wildman–Crippen LogP) is 6.01. The fraction of sp³-hybridized carbons (Fsp3) is 0.300. The maximum Gasteiger partial charge on any atom is 0.416 e. The van der Waals surface area contributed by atoms with Crippen molar-refractivity contribution in [3.63, 3.8) is 0 Å². The van der Waals surface area contributed by atoms with Crippen LogP contribution in [0.1, 0.15) is 67.5 Å². The molecule has 1 fully saturated rings. The molecule has 2 aromatic carbocycles. The Labute approximate surface area is 249 Å². The SMILES string of the molecule is CCOC(=O)c1cnn(C)c1NC(=O)c1csc(C2CCN(C(=O)c3ccccc3-c3ccc(C(F)(F)F)cc3)CC2)n1. The monoisotopic (exact) mass is 611 g/mol. The number of thiazole rings is 1. The number of aromatic nitrogens is 3. The topological polar surface area (TPSA) is 106 Å². The van der Waals surface area contributed by atoms with Crippen molar-refractivity contribution >= 4 is 34.9 Å². The number of ether oxygens (including phenoxy) is 1. The molecule has 3 heterocycles. The molecule has 1 N–H and O–H groups in total. The van der Waals surface area contributed by atoms with Gasteiger partial charge < -0.3 is 15.0 Å². The second kappa shape index (κ2) is 12.4. The number of likely N-dealkylation sites (tertiary alicyclic amines) is 1. The number of halogens is 3. The van der Waals surface area contributed by atoms with Crippen molar-refractivity contribution in [1.29, 1.82) is 0 Å². The van der Waals surface area contributed by atoms with Gasteiger partial charge in [0.25, 0.3) is 11.8 Å². The van der Waals surface area contributed by atoms with E-state index in [9.17, 15) is 27.6 Å². The average Bonchev–Trinajstić information content (AvgIpc) is 3.64. The van der Waals surface area contributed by atoms with Gasteiger partial charge in [0.2, 0.25) is 0 Å². The first-order valence-corrected chi connectivity index (χ1v) is 14.5. The number of hydrogen-bond acceptors (Lipinski definition) is 7. The van der Waals surface area contributed by atoms with E-state index in [4.69, 9.17) is 4.74 Å². The smallest absolute Gasteiger partial charge is 0.416 e. The molecule has 0 unspecified atom stereocenters. The molecule has 1 aliphatic heterocycles. The summed E-state index contributed by atoms with van der Waals surface area (Å²) < 4.78 is 45.5. The van der Waals surface area contributed by atoms with E-state index in [1.165, 1.54) is 34.3 Å². The van der Waals surface area contributed by atoms with Crippen LogP contribution in [0.2, 0.25) is 0 Å². The zero-order valence-corrected chi connectivity index (χ0v) is 24.2. The lowest BCUT2D eigenvalue weighted by atomic mass is 9.94. The molecule has 9 nitrogen and oxygen atoms in total. The number of hydrogen-bond donors (Lipinski definition) is 1. The normalized spacial score (nSPS) is 14.0. The van der Waals surface area contributed by atoms with Crippen molar-refractivity contribution in [2.45, 2.75) is 31.9 Å². The van der Waals surface area contributed by atoms with Gasteiger partial charge in [0, 0.05) is 37.0 Å². The molecule has 0 radical (unpaired) electrons. The van der Waals surface area contributed by atoms with Gasteiger partial charge in [0.1, 0.15) is 17.1 Å². The van der Waals surface area contributed by atoms with Crippen LogP contribution in [0.25, 0.3) is 11.1 Å². The minimum atomic E-state index is -4.44. The van der Waals surface area contributed by atoms with E-state index in [-0.39, 0.29) is 35.5 Å². The van der Waals surface area contributed by atoms with Crippen molar-refractivity contribution in [2.24, 2.45) is 7.05 Å². The Morgan fingerprint density at radius 2 is 1.74 bits per heavy atom. The van der Waals surface area contributed by atoms with Gasteiger partial charge in [-0.05, 0) is 49.1 Å². The fourth-order valence-corrected chi connectivity index (χ4v) is 5.93. The minimum Gasteiger partial charge on any atom is -0.462 e. The highest BCUT2D eigenvalue weighted by Gasteiger charge is 2.31. The van der Waals surface area contributed by atoms with E-state index < -0.39 is 23.6 Å². The van der Waals surface area contributed by atoms with Gasteiger partial charge >= 0.3 is 12.1 Å². The van der Waals surface area contributed by atoms with E-state index in [2.05, 4.69) is 15.4 Å². The van der Waals surface area contributed by atoms with Gasteiger partial charge in [0.05, 0.1) is 23.4 Å².